The summed E-state index contributed by atoms with van der Waals surface area (Å²) < 4.78 is 1.93. The predicted molar refractivity (Wildman–Crippen MR) is 80.6 cm³/mol. The van der Waals surface area contributed by atoms with Crippen LogP contribution in [0.1, 0.15) is 12.5 Å². The zero-order chi connectivity index (χ0) is 12.8. The lowest BCUT2D eigenvalue weighted by atomic mass is 10.1. The molecule has 0 spiro atoms. The van der Waals surface area contributed by atoms with E-state index in [-0.39, 0.29) is 0 Å². The maximum absolute atomic E-state index is 8.61. The van der Waals surface area contributed by atoms with Crippen LogP contribution in [-0.2, 0) is 6.42 Å². The number of nitrogens with zero attached hydrogens (tertiary/aromatic N) is 2. The van der Waals surface area contributed by atoms with Crippen LogP contribution in [0.5, 0.6) is 0 Å². The molecule has 1 aromatic rings. The van der Waals surface area contributed by atoms with Gasteiger partial charge in [-0.15, -0.1) is 0 Å². The lowest BCUT2D eigenvalue weighted by Gasteiger charge is -2.08. The van der Waals surface area contributed by atoms with Crippen molar-refractivity contribution in [3.8, 4) is 6.19 Å². The molecule has 0 aliphatic rings. The van der Waals surface area contributed by atoms with Crippen molar-refractivity contribution in [2.75, 3.05) is 6.26 Å². The monoisotopic (exact) mass is 375 g/mol. The van der Waals surface area contributed by atoms with Crippen LogP contribution in [-0.4, -0.2) is 11.4 Å². The molecule has 1 N–H and O–H groups in total. The smallest absolute Gasteiger partial charge is 0.183 e. The van der Waals surface area contributed by atoms with Crippen molar-refractivity contribution in [2.24, 2.45) is 4.99 Å². The molecule has 17 heavy (non-hydrogen) atoms. The standard InChI is InChI=1S/C11H11Br2N3S/c1-3-7-4-8(12)5-9(13)10(7)16-11(17-2)15-6-14/h4-5H,3H2,1-2H3,(H,15,16). The third-order valence-electron chi connectivity index (χ3n) is 2.06. The Morgan fingerprint density at radius 3 is 2.76 bits per heavy atom. The summed E-state index contributed by atoms with van der Waals surface area (Å²) in [6.07, 6.45) is 4.64. The summed E-state index contributed by atoms with van der Waals surface area (Å²) in [7, 11) is 0. The van der Waals surface area contributed by atoms with Gasteiger partial charge in [0.1, 0.15) is 0 Å². The summed E-state index contributed by atoms with van der Waals surface area (Å²) >= 11 is 8.35. The number of nitriles is 1. The molecule has 0 aliphatic carbocycles. The topological polar surface area (TPSA) is 48.2 Å². The number of halogens is 2. The molecule has 6 heteroatoms. The van der Waals surface area contributed by atoms with Crippen LogP contribution in [0, 0.1) is 11.5 Å². The highest BCUT2D eigenvalue weighted by Crippen LogP contribution is 2.34. The highest BCUT2D eigenvalue weighted by atomic mass is 79.9. The third-order valence-corrected chi connectivity index (χ3v) is 3.70. The summed E-state index contributed by atoms with van der Waals surface area (Å²) in [6.45, 7) is 2.07. The average molecular weight is 377 g/mol. The van der Waals surface area contributed by atoms with Gasteiger partial charge in [-0.1, -0.05) is 34.6 Å². The molecule has 0 saturated heterocycles. The number of aryl methyl sites for hydroxylation is 1. The van der Waals surface area contributed by atoms with E-state index in [0.29, 0.717) is 5.17 Å². The van der Waals surface area contributed by atoms with E-state index in [0.717, 1.165) is 26.6 Å². The van der Waals surface area contributed by atoms with Crippen LogP contribution < -0.4 is 5.32 Å². The van der Waals surface area contributed by atoms with Crippen molar-refractivity contribution >= 4 is 54.5 Å². The molecule has 90 valence electrons. The molecule has 0 unspecified atom stereocenters. The number of thioether (sulfide) groups is 1. The van der Waals surface area contributed by atoms with Crippen LogP contribution in [0.15, 0.2) is 26.1 Å². The van der Waals surface area contributed by atoms with Gasteiger partial charge in [0, 0.05) is 8.95 Å². The molecule has 1 rings (SSSR count). The lowest BCUT2D eigenvalue weighted by Crippen LogP contribution is -2.12. The van der Waals surface area contributed by atoms with E-state index < -0.39 is 0 Å². The normalized spacial score (nSPS) is 11.1. The Labute approximate surface area is 122 Å². The predicted octanol–water partition coefficient (Wildman–Crippen LogP) is 4.20. The Kier molecular flexibility index (Phi) is 6.03. The highest BCUT2D eigenvalue weighted by Gasteiger charge is 2.08. The molecule has 0 radical (unpaired) electrons. The summed E-state index contributed by atoms with van der Waals surface area (Å²) in [5, 5.41) is 11.8. The van der Waals surface area contributed by atoms with Crippen LogP contribution in [0.4, 0.5) is 5.69 Å². The van der Waals surface area contributed by atoms with E-state index in [1.54, 1.807) is 0 Å². The first kappa shape index (κ1) is 14.6. The van der Waals surface area contributed by atoms with Gasteiger partial charge in [0.25, 0.3) is 0 Å². The van der Waals surface area contributed by atoms with Gasteiger partial charge in [0.15, 0.2) is 11.4 Å². The summed E-state index contributed by atoms with van der Waals surface area (Å²) in [5.41, 5.74) is 1.99. The molecular formula is C11H11Br2N3S. The molecule has 0 amide bonds. The van der Waals surface area contributed by atoms with Gasteiger partial charge >= 0.3 is 0 Å². The Morgan fingerprint density at radius 2 is 2.24 bits per heavy atom. The van der Waals surface area contributed by atoms with Gasteiger partial charge in [-0.2, -0.15) is 5.26 Å². The maximum atomic E-state index is 8.61. The molecule has 3 nitrogen and oxygen atoms in total. The van der Waals surface area contributed by atoms with E-state index in [9.17, 15) is 0 Å². The number of aliphatic imine (C=N–C) groups is 1. The number of benzene rings is 1. The Balaban J connectivity index is 3.25. The molecular weight excluding hydrogens is 366 g/mol. The quantitative estimate of drug-likeness (QED) is 0.364. The lowest BCUT2D eigenvalue weighted by molar-refractivity contribution is 1.12. The minimum atomic E-state index is 0.588. The maximum Gasteiger partial charge on any atom is 0.183 e. The fraction of sp³-hybridized carbons (Fsp3) is 0.273. The second kappa shape index (κ2) is 7.04. The summed E-state index contributed by atoms with van der Waals surface area (Å²) in [5.74, 6) is 0. The van der Waals surface area contributed by atoms with E-state index in [2.05, 4.69) is 49.1 Å². The second-order valence-corrected chi connectivity index (χ2v) is 5.67. The van der Waals surface area contributed by atoms with Crippen molar-refractivity contribution < 1.29 is 0 Å². The molecule has 1 aromatic carbocycles. The van der Waals surface area contributed by atoms with E-state index in [4.69, 9.17) is 5.26 Å². The fourth-order valence-electron chi connectivity index (χ4n) is 1.29. The Morgan fingerprint density at radius 1 is 1.53 bits per heavy atom. The number of rotatable bonds is 2. The summed E-state index contributed by atoms with van der Waals surface area (Å²) in [6, 6.07) is 3.98. The largest absolute Gasteiger partial charge is 0.271 e. The van der Waals surface area contributed by atoms with Gasteiger partial charge < -0.3 is 0 Å². The van der Waals surface area contributed by atoms with Crippen molar-refractivity contribution in [3.05, 3.63) is 26.6 Å². The number of hydrogen-bond donors (Lipinski definition) is 1. The van der Waals surface area contributed by atoms with Crippen LogP contribution in [0.25, 0.3) is 0 Å². The summed E-state index contributed by atoms with van der Waals surface area (Å²) in [4.78, 5) is 4.46. The zero-order valence-corrected chi connectivity index (χ0v) is 13.4. The first-order valence-electron chi connectivity index (χ1n) is 4.88. The SMILES string of the molecule is CCc1cc(Br)cc(Br)c1N=C(NC#N)SC. The Bertz CT molecular complexity index is 480. The van der Waals surface area contributed by atoms with Crippen molar-refractivity contribution in [1.82, 2.24) is 5.32 Å². The van der Waals surface area contributed by atoms with Crippen LogP contribution in [0.3, 0.4) is 0 Å². The minimum Gasteiger partial charge on any atom is -0.271 e. The first-order valence-corrected chi connectivity index (χ1v) is 7.69. The van der Waals surface area contributed by atoms with Crippen molar-refractivity contribution in [2.45, 2.75) is 13.3 Å². The van der Waals surface area contributed by atoms with Gasteiger partial charge in [0.05, 0.1) is 5.69 Å². The van der Waals surface area contributed by atoms with Crippen molar-refractivity contribution in [1.29, 1.82) is 5.26 Å². The van der Waals surface area contributed by atoms with Gasteiger partial charge in [-0.25, -0.2) is 4.99 Å². The molecule has 0 fully saturated rings. The molecule has 0 heterocycles. The number of nitrogens with one attached hydrogen (secondary N) is 1. The third kappa shape index (κ3) is 4.02. The zero-order valence-electron chi connectivity index (χ0n) is 9.42. The number of amidine groups is 1. The van der Waals surface area contributed by atoms with Crippen LogP contribution in [0.2, 0.25) is 0 Å². The Hall–Kier alpha value is -0.510. The van der Waals surface area contributed by atoms with E-state index in [1.165, 1.54) is 11.8 Å². The fourth-order valence-corrected chi connectivity index (χ4v) is 3.02. The van der Waals surface area contributed by atoms with E-state index >= 15 is 0 Å². The average Bonchev–Trinajstić information content (AvgIpc) is 2.30. The molecule has 0 atom stereocenters. The minimum absolute atomic E-state index is 0.588. The molecule has 0 bridgehead atoms. The molecule has 0 saturated carbocycles. The van der Waals surface area contributed by atoms with E-state index in [1.807, 2.05) is 24.6 Å². The van der Waals surface area contributed by atoms with Gasteiger partial charge in [-0.05, 0) is 46.3 Å². The van der Waals surface area contributed by atoms with Crippen LogP contribution >= 0.6 is 43.6 Å². The first-order chi connectivity index (χ1) is 8.12. The van der Waals surface area contributed by atoms with Gasteiger partial charge in [-0.3, -0.25) is 5.32 Å². The second-order valence-electron chi connectivity index (χ2n) is 3.11. The molecule has 0 aromatic heterocycles. The molecule has 0 aliphatic heterocycles. The number of hydrogen-bond acceptors (Lipinski definition) is 3. The van der Waals surface area contributed by atoms with Gasteiger partial charge in [0.2, 0.25) is 0 Å². The van der Waals surface area contributed by atoms with Crippen molar-refractivity contribution in [3.63, 3.8) is 0 Å². The highest BCUT2D eigenvalue weighted by molar-refractivity contribution is 9.11.